The van der Waals surface area contributed by atoms with Gasteiger partial charge in [0, 0.05) is 12.1 Å². The van der Waals surface area contributed by atoms with Gasteiger partial charge in [-0.2, -0.15) is 0 Å². The summed E-state index contributed by atoms with van der Waals surface area (Å²) in [5, 5.41) is 3.61. The van der Waals surface area contributed by atoms with Crippen molar-refractivity contribution in [2.75, 3.05) is 13.2 Å². The SMILES string of the molecule is CCOC(=O)C=C1CCC(NCCC(C)C)CC1. The van der Waals surface area contributed by atoms with E-state index in [1.54, 1.807) is 6.08 Å². The molecule has 3 heteroatoms. The zero-order chi connectivity index (χ0) is 13.4. The molecule has 1 saturated carbocycles. The fourth-order valence-electron chi connectivity index (χ4n) is 2.26. The summed E-state index contributed by atoms with van der Waals surface area (Å²) in [5.74, 6) is 0.582. The highest BCUT2D eigenvalue weighted by atomic mass is 16.5. The average molecular weight is 253 g/mol. The van der Waals surface area contributed by atoms with E-state index < -0.39 is 0 Å². The van der Waals surface area contributed by atoms with Crippen LogP contribution in [0, 0.1) is 5.92 Å². The zero-order valence-corrected chi connectivity index (χ0v) is 12.0. The fourth-order valence-corrected chi connectivity index (χ4v) is 2.26. The summed E-state index contributed by atoms with van der Waals surface area (Å²) in [6, 6.07) is 0.628. The molecule has 0 aromatic heterocycles. The summed E-state index contributed by atoms with van der Waals surface area (Å²) in [6.07, 6.45) is 7.26. The third-order valence-electron chi connectivity index (χ3n) is 3.39. The number of ether oxygens (including phenoxy) is 1. The fraction of sp³-hybridized carbons (Fsp3) is 0.800. The van der Waals surface area contributed by atoms with E-state index in [9.17, 15) is 4.79 Å². The molecule has 0 bridgehead atoms. The van der Waals surface area contributed by atoms with Gasteiger partial charge in [0.05, 0.1) is 6.61 Å². The van der Waals surface area contributed by atoms with Crippen molar-refractivity contribution in [1.82, 2.24) is 5.32 Å². The minimum absolute atomic E-state index is 0.182. The van der Waals surface area contributed by atoms with Crippen molar-refractivity contribution in [3.63, 3.8) is 0 Å². The molecular weight excluding hydrogens is 226 g/mol. The molecule has 0 saturated heterocycles. The smallest absolute Gasteiger partial charge is 0.330 e. The summed E-state index contributed by atoms with van der Waals surface area (Å²) in [5.41, 5.74) is 1.25. The summed E-state index contributed by atoms with van der Waals surface area (Å²) in [7, 11) is 0. The minimum Gasteiger partial charge on any atom is -0.463 e. The standard InChI is InChI=1S/C15H27NO2/c1-4-18-15(17)11-13-5-7-14(8-6-13)16-10-9-12(2)3/h11-12,14,16H,4-10H2,1-3H3. The van der Waals surface area contributed by atoms with Crippen molar-refractivity contribution >= 4 is 5.97 Å². The number of carbonyl (C=O) groups is 1. The molecule has 104 valence electrons. The van der Waals surface area contributed by atoms with Gasteiger partial charge in [0.1, 0.15) is 0 Å². The van der Waals surface area contributed by atoms with Crippen molar-refractivity contribution < 1.29 is 9.53 Å². The first kappa shape index (κ1) is 15.2. The summed E-state index contributed by atoms with van der Waals surface area (Å²) in [4.78, 5) is 11.3. The largest absolute Gasteiger partial charge is 0.463 e. The van der Waals surface area contributed by atoms with E-state index in [4.69, 9.17) is 4.74 Å². The van der Waals surface area contributed by atoms with Crippen LogP contribution in [0.4, 0.5) is 0 Å². The Labute approximate surface area is 111 Å². The maximum Gasteiger partial charge on any atom is 0.330 e. The molecule has 0 heterocycles. The Morgan fingerprint density at radius 3 is 2.67 bits per heavy atom. The minimum atomic E-state index is -0.182. The molecule has 0 aliphatic heterocycles. The molecule has 0 amide bonds. The summed E-state index contributed by atoms with van der Waals surface area (Å²) >= 11 is 0. The molecule has 1 fully saturated rings. The molecule has 0 unspecified atom stereocenters. The number of hydrogen-bond acceptors (Lipinski definition) is 3. The first-order chi connectivity index (χ1) is 8.61. The lowest BCUT2D eigenvalue weighted by Crippen LogP contribution is -2.32. The molecule has 0 atom stereocenters. The van der Waals surface area contributed by atoms with Gasteiger partial charge in [0.2, 0.25) is 0 Å². The molecule has 1 rings (SSSR count). The molecule has 18 heavy (non-hydrogen) atoms. The average Bonchev–Trinajstić information content (AvgIpc) is 2.31. The first-order valence-corrected chi connectivity index (χ1v) is 7.21. The number of hydrogen-bond donors (Lipinski definition) is 1. The predicted octanol–water partition coefficient (Wildman–Crippen LogP) is 3.05. The quantitative estimate of drug-likeness (QED) is 0.584. The van der Waals surface area contributed by atoms with Crippen LogP contribution in [0.1, 0.15) is 52.9 Å². The lowest BCUT2D eigenvalue weighted by Gasteiger charge is -2.25. The first-order valence-electron chi connectivity index (χ1n) is 7.21. The Bertz CT molecular complexity index is 274. The Balaban J connectivity index is 2.22. The third kappa shape index (κ3) is 6.20. The number of rotatable bonds is 6. The Kier molecular flexibility index (Phi) is 7.02. The van der Waals surface area contributed by atoms with Crippen molar-refractivity contribution in [1.29, 1.82) is 0 Å². The van der Waals surface area contributed by atoms with Gasteiger partial charge in [-0.15, -0.1) is 0 Å². The van der Waals surface area contributed by atoms with Gasteiger partial charge in [-0.05, 0) is 51.5 Å². The van der Waals surface area contributed by atoms with Gasteiger partial charge in [0.15, 0.2) is 0 Å². The second-order valence-corrected chi connectivity index (χ2v) is 5.47. The van der Waals surface area contributed by atoms with E-state index in [-0.39, 0.29) is 5.97 Å². The monoisotopic (exact) mass is 253 g/mol. The molecular formula is C15H27NO2. The van der Waals surface area contributed by atoms with Gasteiger partial charge < -0.3 is 10.1 Å². The van der Waals surface area contributed by atoms with Gasteiger partial charge in [0.25, 0.3) is 0 Å². The number of allylic oxidation sites excluding steroid dienone is 1. The van der Waals surface area contributed by atoms with Crippen LogP contribution >= 0.6 is 0 Å². The number of esters is 1. The van der Waals surface area contributed by atoms with Crippen LogP contribution in [-0.2, 0) is 9.53 Å². The van der Waals surface area contributed by atoms with Gasteiger partial charge in [-0.1, -0.05) is 19.4 Å². The normalized spacial score (nSPS) is 20.0. The van der Waals surface area contributed by atoms with Crippen LogP contribution < -0.4 is 5.32 Å². The van der Waals surface area contributed by atoms with Gasteiger partial charge >= 0.3 is 5.97 Å². The second-order valence-electron chi connectivity index (χ2n) is 5.47. The van der Waals surface area contributed by atoms with Crippen LogP contribution in [0.2, 0.25) is 0 Å². The molecule has 0 aromatic rings. The number of nitrogens with one attached hydrogen (secondary N) is 1. The predicted molar refractivity (Wildman–Crippen MR) is 74.4 cm³/mol. The van der Waals surface area contributed by atoms with Gasteiger partial charge in [-0.3, -0.25) is 0 Å². The molecule has 0 aromatic carbocycles. The van der Waals surface area contributed by atoms with Crippen LogP contribution in [0.25, 0.3) is 0 Å². The Morgan fingerprint density at radius 1 is 1.44 bits per heavy atom. The molecule has 1 aliphatic carbocycles. The van der Waals surface area contributed by atoms with E-state index in [1.165, 1.54) is 12.0 Å². The van der Waals surface area contributed by atoms with Gasteiger partial charge in [-0.25, -0.2) is 4.79 Å². The summed E-state index contributed by atoms with van der Waals surface area (Å²) in [6.45, 7) is 7.92. The van der Waals surface area contributed by atoms with E-state index in [2.05, 4.69) is 19.2 Å². The maximum atomic E-state index is 11.3. The molecule has 0 spiro atoms. The van der Waals surface area contributed by atoms with Crippen molar-refractivity contribution in [3.05, 3.63) is 11.6 Å². The van der Waals surface area contributed by atoms with Crippen LogP contribution in [-0.4, -0.2) is 25.2 Å². The lowest BCUT2D eigenvalue weighted by atomic mass is 9.90. The second kappa shape index (κ2) is 8.30. The van der Waals surface area contributed by atoms with Crippen molar-refractivity contribution in [2.24, 2.45) is 5.92 Å². The lowest BCUT2D eigenvalue weighted by molar-refractivity contribution is -0.137. The highest BCUT2D eigenvalue weighted by molar-refractivity contribution is 5.82. The number of carbonyl (C=O) groups excluding carboxylic acids is 1. The Morgan fingerprint density at radius 2 is 2.11 bits per heavy atom. The van der Waals surface area contributed by atoms with Crippen molar-refractivity contribution in [3.8, 4) is 0 Å². The van der Waals surface area contributed by atoms with E-state index in [0.717, 1.165) is 38.1 Å². The molecule has 3 nitrogen and oxygen atoms in total. The topological polar surface area (TPSA) is 38.3 Å². The third-order valence-corrected chi connectivity index (χ3v) is 3.39. The van der Waals surface area contributed by atoms with Crippen LogP contribution in [0.15, 0.2) is 11.6 Å². The van der Waals surface area contributed by atoms with E-state index in [0.29, 0.717) is 12.6 Å². The highest BCUT2D eigenvalue weighted by Crippen LogP contribution is 2.23. The molecule has 1 N–H and O–H groups in total. The molecule has 1 aliphatic rings. The Hall–Kier alpha value is -0.830. The van der Waals surface area contributed by atoms with Crippen molar-refractivity contribution in [2.45, 2.75) is 58.9 Å². The van der Waals surface area contributed by atoms with E-state index in [1.807, 2.05) is 6.92 Å². The van der Waals surface area contributed by atoms with E-state index >= 15 is 0 Å². The summed E-state index contributed by atoms with van der Waals surface area (Å²) < 4.78 is 4.93. The van der Waals surface area contributed by atoms with Crippen LogP contribution in [0.3, 0.4) is 0 Å². The molecule has 0 radical (unpaired) electrons. The highest BCUT2D eigenvalue weighted by Gasteiger charge is 2.16. The maximum absolute atomic E-state index is 11.3. The zero-order valence-electron chi connectivity index (χ0n) is 12.0. The van der Waals surface area contributed by atoms with Crippen LogP contribution in [0.5, 0.6) is 0 Å².